The molecule has 0 N–H and O–H groups in total. The first kappa shape index (κ1) is 10.0. The van der Waals surface area contributed by atoms with Crippen LogP contribution in [0.1, 0.15) is 5.56 Å². The van der Waals surface area contributed by atoms with Crippen LogP contribution >= 0.6 is 39.1 Å². The minimum atomic E-state index is 0.345. The highest BCUT2D eigenvalue weighted by molar-refractivity contribution is 9.10. The van der Waals surface area contributed by atoms with Gasteiger partial charge in [0.1, 0.15) is 6.29 Å². The van der Waals surface area contributed by atoms with E-state index in [4.69, 9.17) is 23.2 Å². The molecule has 0 radical (unpaired) electrons. The molecule has 0 aliphatic rings. The molecule has 1 nitrogen and oxygen atoms in total. The van der Waals surface area contributed by atoms with Crippen LogP contribution in [-0.4, -0.2) is 6.29 Å². The maximum Gasteiger partial charge on any atom is 0.124 e. The Morgan fingerprint density at radius 3 is 2.50 bits per heavy atom. The van der Waals surface area contributed by atoms with Crippen LogP contribution in [0.5, 0.6) is 0 Å². The van der Waals surface area contributed by atoms with Crippen molar-refractivity contribution in [3.63, 3.8) is 0 Å². The number of hydrogen-bond acceptors (Lipinski definition) is 1. The summed E-state index contributed by atoms with van der Waals surface area (Å²) in [6, 6.07) is 3.37. The number of carbonyl (C=O) groups excluding carboxylic acids is 1. The van der Waals surface area contributed by atoms with Crippen LogP contribution < -0.4 is 0 Å². The Balaban J connectivity index is 3.13. The molecule has 0 aliphatic heterocycles. The molecule has 12 heavy (non-hydrogen) atoms. The molecule has 1 aromatic rings. The normalized spacial score (nSPS) is 9.92. The molecule has 0 bridgehead atoms. The monoisotopic (exact) mass is 266 g/mol. The van der Waals surface area contributed by atoms with E-state index in [1.807, 2.05) is 0 Å². The third-order valence-electron chi connectivity index (χ3n) is 1.39. The van der Waals surface area contributed by atoms with Gasteiger partial charge in [-0.1, -0.05) is 39.1 Å². The minimum absolute atomic E-state index is 0.345. The van der Waals surface area contributed by atoms with Crippen molar-refractivity contribution >= 4 is 45.4 Å². The van der Waals surface area contributed by atoms with E-state index in [-0.39, 0.29) is 0 Å². The summed E-state index contributed by atoms with van der Waals surface area (Å²) in [6.45, 7) is 0. The highest BCUT2D eigenvalue weighted by atomic mass is 79.9. The first-order chi connectivity index (χ1) is 5.65. The van der Waals surface area contributed by atoms with E-state index >= 15 is 0 Å². The SMILES string of the molecule is O=CCc1cc(Cl)c(Cl)cc1Br. The van der Waals surface area contributed by atoms with E-state index in [0.717, 1.165) is 16.3 Å². The fraction of sp³-hybridized carbons (Fsp3) is 0.125. The van der Waals surface area contributed by atoms with Crippen molar-refractivity contribution in [1.29, 1.82) is 0 Å². The van der Waals surface area contributed by atoms with E-state index < -0.39 is 0 Å². The van der Waals surface area contributed by atoms with Crippen LogP contribution in [0.4, 0.5) is 0 Å². The fourth-order valence-electron chi connectivity index (χ4n) is 0.810. The molecule has 1 aromatic carbocycles. The van der Waals surface area contributed by atoms with Crippen LogP contribution in [0.2, 0.25) is 10.0 Å². The fourth-order valence-corrected chi connectivity index (χ4v) is 1.80. The summed E-state index contributed by atoms with van der Waals surface area (Å²) in [5, 5.41) is 0.954. The zero-order chi connectivity index (χ0) is 9.14. The molecule has 0 unspecified atom stereocenters. The van der Waals surface area contributed by atoms with Gasteiger partial charge in [0.05, 0.1) is 10.0 Å². The van der Waals surface area contributed by atoms with Crippen molar-refractivity contribution in [2.75, 3.05) is 0 Å². The van der Waals surface area contributed by atoms with Crippen LogP contribution in [0.15, 0.2) is 16.6 Å². The van der Waals surface area contributed by atoms with Crippen LogP contribution in [0.25, 0.3) is 0 Å². The molecule has 0 heterocycles. The van der Waals surface area contributed by atoms with Crippen molar-refractivity contribution in [3.05, 3.63) is 32.2 Å². The standard InChI is InChI=1S/C8H5BrCl2O/c9-6-4-8(11)7(10)3-5(6)1-2-12/h2-4H,1H2. The van der Waals surface area contributed by atoms with Crippen molar-refractivity contribution in [2.45, 2.75) is 6.42 Å². The van der Waals surface area contributed by atoms with Gasteiger partial charge in [0, 0.05) is 10.9 Å². The Morgan fingerprint density at radius 2 is 1.92 bits per heavy atom. The largest absolute Gasteiger partial charge is 0.303 e. The second-order valence-corrected chi connectivity index (χ2v) is 3.90. The van der Waals surface area contributed by atoms with Gasteiger partial charge in [-0.05, 0) is 17.7 Å². The molecule has 0 spiro atoms. The van der Waals surface area contributed by atoms with Crippen LogP contribution in [0, 0.1) is 0 Å². The quantitative estimate of drug-likeness (QED) is 0.592. The lowest BCUT2D eigenvalue weighted by atomic mass is 10.2. The second-order valence-electron chi connectivity index (χ2n) is 2.23. The minimum Gasteiger partial charge on any atom is -0.303 e. The van der Waals surface area contributed by atoms with Gasteiger partial charge in [-0.15, -0.1) is 0 Å². The summed E-state index contributed by atoms with van der Waals surface area (Å²) in [4.78, 5) is 10.2. The average Bonchev–Trinajstić information content (AvgIpc) is 2.01. The molecule has 0 amide bonds. The molecule has 0 atom stereocenters. The number of rotatable bonds is 2. The predicted octanol–water partition coefficient (Wildman–Crippen LogP) is 3.50. The van der Waals surface area contributed by atoms with Crippen molar-refractivity contribution < 1.29 is 4.79 Å². The van der Waals surface area contributed by atoms with E-state index in [9.17, 15) is 4.79 Å². The Kier molecular flexibility index (Phi) is 3.56. The molecule has 64 valence electrons. The summed E-state index contributed by atoms with van der Waals surface area (Å²) < 4.78 is 0.809. The van der Waals surface area contributed by atoms with Gasteiger partial charge in [-0.2, -0.15) is 0 Å². The van der Waals surface area contributed by atoms with E-state index in [1.165, 1.54) is 0 Å². The highest BCUT2D eigenvalue weighted by Crippen LogP contribution is 2.29. The first-order valence-corrected chi connectivity index (χ1v) is 4.77. The van der Waals surface area contributed by atoms with Gasteiger partial charge in [0.2, 0.25) is 0 Å². The number of carbonyl (C=O) groups is 1. The smallest absolute Gasteiger partial charge is 0.124 e. The number of halogens is 3. The third kappa shape index (κ3) is 2.22. The molecule has 1 rings (SSSR count). The Labute approximate surface area is 88.8 Å². The Bertz CT molecular complexity index is 312. The lowest BCUT2D eigenvalue weighted by Crippen LogP contribution is -1.87. The summed E-state index contributed by atoms with van der Waals surface area (Å²) in [6.07, 6.45) is 1.17. The summed E-state index contributed by atoms with van der Waals surface area (Å²) in [7, 11) is 0. The molecular weight excluding hydrogens is 263 g/mol. The van der Waals surface area contributed by atoms with Crippen molar-refractivity contribution in [1.82, 2.24) is 0 Å². The summed E-state index contributed by atoms with van der Waals surface area (Å²) in [5.41, 5.74) is 0.847. The molecule has 0 saturated carbocycles. The van der Waals surface area contributed by atoms with E-state index in [2.05, 4.69) is 15.9 Å². The van der Waals surface area contributed by atoms with Gasteiger partial charge in [0.25, 0.3) is 0 Å². The lowest BCUT2D eigenvalue weighted by molar-refractivity contribution is -0.107. The summed E-state index contributed by atoms with van der Waals surface area (Å²) >= 11 is 14.8. The van der Waals surface area contributed by atoms with Gasteiger partial charge >= 0.3 is 0 Å². The lowest BCUT2D eigenvalue weighted by Gasteiger charge is -2.02. The summed E-state index contributed by atoms with van der Waals surface area (Å²) in [5.74, 6) is 0. The number of aldehydes is 1. The maximum absolute atomic E-state index is 10.2. The van der Waals surface area contributed by atoms with Gasteiger partial charge in [-0.25, -0.2) is 0 Å². The Hall–Kier alpha value is -0.0500. The molecular formula is C8H5BrCl2O. The zero-order valence-electron chi connectivity index (χ0n) is 5.98. The average molecular weight is 268 g/mol. The molecule has 0 aromatic heterocycles. The molecule has 0 fully saturated rings. The van der Waals surface area contributed by atoms with Gasteiger partial charge in [0.15, 0.2) is 0 Å². The zero-order valence-corrected chi connectivity index (χ0v) is 9.08. The molecule has 4 heteroatoms. The van der Waals surface area contributed by atoms with Crippen molar-refractivity contribution in [3.8, 4) is 0 Å². The Morgan fingerprint density at radius 1 is 1.33 bits per heavy atom. The van der Waals surface area contributed by atoms with Crippen LogP contribution in [0.3, 0.4) is 0 Å². The molecule has 0 aliphatic carbocycles. The second kappa shape index (κ2) is 4.26. The third-order valence-corrected chi connectivity index (χ3v) is 2.85. The first-order valence-electron chi connectivity index (χ1n) is 3.22. The predicted molar refractivity (Wildman–Crippen MR) is 53.9 cm³/mol. The number of hydrogen-bond donors (Lipinski definition) is 0. The van der Waals surface area contributed by atoms with Crippen LogP contribution in [-0.2, 0) is 11.2 Å². The number of benzene rings is 1. The van der Waals surface area contributed by atoms with Crippen molar-refractivity contribution in [2.24, 2.45) is 0 Å². The van der Waals surface area contributed by atoms with Gasteiger partial charge in [-0.3, -0.25) is 0 Å². The highest BCUT2D eigenvalue weighted by Gasteiger charge is 2.04. The van der Waals surface area contributed by atoms with Gasteiger partial charge < -0.3 is 4.79 Å². The topological polar surface area (TPSA) is 17.1 Å². The molecule has 0 saturated heterocycles. The maximum atomic E-state index is 10.2. The van der Waals surface area contributed by atoms with E-state index in [1.54, 1.807) is 12.1 Å². The van der Waals surface area contributed by atoms with E-state index in [0.29, 0.717) is 16.5 Å².